The summed E-state index contributed by atoms with van der Waals surface area (Å²) in [6, 6.07) is 12.3. The summed E-state index contributed by atoms with van der Waals surface area (Å²) in [5, 5.41) is 3.01. The van der Waals surface area contributed by atoms with E-state index in [0.717, 1.165) is 18.6 Å². The van der Waals surface area contributed by atoms with Gasteiger partial charge in [-0.05, 0) is 50.5 Å². The van der Waals surface area contributed by atoms with E-state index in [2.05, 4.69) is 35.3 Å². The first-order valence-corrected chi connectivity index (χ1v) is 7.82. The first kappa shape index (κ1) is 14.7. The van der Waals surface area contributed by atoms with Gasteiger partial charge >= 0.3 is 0 Å². The molecule has 0 radical (unpaired) electrons. The molecule has 0 spiro atoms. The summed E-state index contributed by atoms with van der Waals surface area (Å²) in [4.78, 5) is 14.6. The minimum Gasteiger partial charge on any atom is -0.467 e. The van der Waals surface area contributed by atoms with Gasteiger partial charge in [0, 0.05) is 11.7 Å². The van der Waals surface area contributed by atoms with Crippen LogP contribution in [-0.4, -0.2) is 18.5 Å². The number of rotatable bonds is 4. The highest BCUT2D eigenvalue weighted by atomic mass is 16.3. The highest BCUT2D eigenvalue weighted by molar-refractivity contribution is 5.82. The lowest BCUT2D eigenvalue weighted by atomic mass is 9.96. The number of hydrogen-bond acceptors (Lipinski definition) is 3. The van der Waals surface area contributed by atoms with E-state index in [-0.39, 0.29) is 11.9 Å². The van der Waals surface area contributed by atoms with Crippen molar-refractivity contribution >= 4 is 11.6 Å². The van der Waals surface area contributed by atoms with Gasteiger partial charge in [0.1, 0.15) is 5.76 Å². The molecule has 0 saturated heterocycles. The number of carbonyl (C=O) groups excluding carboxylic acids is 1. The highest BCUT2D eigenvalue weighted by Crippen LogP contribution is 2.30. The number of hydrogen-bond donors (Lipinski definition) is 1. The van der Waals surface area contributed by atoms with Gasteiger partial charge < -0.3 is 14.6 Å². The predicted molar refractivity (Wildman–Crippen MR) is 86.8 cm³/mol. The number of amides is 1. The molecule has 1 aromatic heterocycles. The van der Waals surface area contributed by atoms with Crippen LogP contribution in [0, 0.1) is 0 Å². The van der Waals surface area contributed by atoms with Gasteiger partial charge in [-0.25, -0.2) is 0 Å². The number of anilines is 1. The second kappa shape index (κ2) is 6.26. The molecule has 1 N–H and O–H groups in total. The lowest BCUT2D eigenvalue weighted by Crippen LogP contribution is -2.44. The highest BCUT2D eigenvalue weighted by Gasteiger charge is 2.25. The molecule has 0 aliphatic carbocycles. The summed E-state index contributed by atoms with van der Waals surface area (Å²) in [5.41, 5.74) is 2.51. The number of para-hydroxylation sites is 1. The van der Waals surface area contributed by atoms with Crippen LogP contribution in [0.4, 0.5) is 5.69 Å². The fraction of sp³-hybridized carbons (Fsp3) is 0.389. The van der Waals surface area contributed by atoms with Crippen LogP contribution in [0.15, 0.2) is 47.1 Å². The smallest absolute Gasteiger partial charge is 0.240 e. The van der Waals surface area contributed by atoms with Gasteiger partial charge in [0.15, 0.2) is 0 Å². The Balaban J connectivity index is 1.68. The molecule has 1 aliphatic rings. The quantitative estimate of drug-likeness (QED) is 0.942. The van der Waals surface area contributed by atoms with E-state index in [1.54, 1.807) is 6.26 Å². The molecule has 1 amide bonds. The Hall–Kier alpha value is -2.23. The minimum atomic E-state index is -0.113. The van der Waals surface area contributed by atoms with Crippen molar-refractivity contribution < 1.29 is 9.21 Å². The molecule has 22 heavy (non-hydrogen) atoms. The molecular formula is C18H22N2O2. The number of carbonyl (C=O) groups is 1. The molecule has 1 aromatic carbocycles. The van der Waals surface area contributed by atoms with Crippen molar-refractivity contribution in [1.29, 1.82) is 0 Å². The fourth-order valence-electron chi connectivity index (χ4n) is 3.05. The number of aryl methyl sites for hydroxylation is 1. The van der Waals surface area contributed by atoms with Crippen molar-refractivity contribution in [3.63, 3.8) is 0 Å². The van der Waals surface area contributed by atoms with Gasteiger partial charge in [-0.1, -0.05) is 18.2 Å². The first-order valence-electron chi connectivity index (χ1n) is 7.82. The van der Waals surface area contributed by atoms with Gasteiger partial charge in [-0.3, -0.25) is 4.79 Å². The van der Waals surface area contributed by atoms with Crippen LogP contribution in [0.25, 0.3) is 0 Å². The average molecular weight is 298 g/mol. The van der Waals surface area contributed by atoms with Crippen LogP contribution in [0.1, 0.15) is 37.6 Å². The second-order valence-corrected chi connectivity index (χ2v) is 5.95. The molecule has 4 nitrogen and oxygen atoms in total. The largest absolute Gasteiger partial charge is 0.467 e. The van der Waals surface area contributed by atoms with Crippen LogP contribution in [0.2, 0.25) is 0 Å². The SMILES string of the molecule is C[C@@H](NC(=O)CN1c2ccccc2CC[C@@H]1C)c1ccco1. The average Bonchev–Trinajstić information content (AvgIpc) is 3.04. The van der Waals surface area contributed by atoms with Crippen LogP contribution in [-0.2, 0) is 11.2 Å². The van der Waals surface area contributed by atoms with Crippen molar-refractivity contribution in [3.05, 3.63) is 54.0 Å². The van der Waals surface area contributed by atoms with E-state index in [9.17, 15) is 4.79 Å². The minimum absolute atomic E-state index is 0.0208. The van der Waals surface area contributed by atoms with Crippen molar-refractivity contribution in [1.82, 2.24) is 5.32 Å². The summed E-state index contributed by atoms with van der Waals surface area (Å²) < 4.78 is 5.34. The molecule has 2 heterocycles. The zero-order valence-electron chi connectivity index (χ0n) is 13.1. The number of nitrogens with zero attached hydrogens (tertiary/aromatic N) is 1. The fourth-order valence-corrected chi connectivity index (χ4v) is 3.05. The molecular weight excluding hydrogens is 276 g/mol. The number of benzene rings is 1. The van der Waals surface area contributed by atoms with Crippen LogP contribution in [0.3, 0.4) is 0 Å². The van der Waals surface area contributed by atoms with Gasteiger partial charge in [-0.15, -0.1) is 0 Å². The maximum absolute atomic E-state index is 12.4. The third-order valence-electron chi connectivity index (χ3n) is 4.33. The van der Waals surface area contributed by atoms with E-state index >= 15 is 0 Å². The van der Waals surface area contributed by atoms with Crippen LogP contribution in [0.5, 0.6) is 0 Å². The van der Waals surface area contributed by atoms with Crippen LogP contribution >= 0.6 is 0 Å². The van der Waals surface area contributed by atoms with Crippen molar-refractivity contribution in [2.45, 2.75) is 38.8 Å². The first-order chi connectivity index (χ1) is 10.6. The maximum atomic E-state index is 12.4. The van der Waals surface area contributed by atoms with Gasteiger partial charge in [0.25, 0.3) is 0 Å². The molecule has 1 aliphatic heterocycles. The van der Waals surface area contributed by atoms with Crippen LogP contribution < -0.4 is 10.2 Å². The Bertz CT molecular complexity index is 636. The Morgan fingerprint density at radius 1 is 1.36 bits per heavy atom. The summed E-state index contributed by atoms with van der Waals surface area (Å²) >= 11 is 0. The third kappa shape index (κ3) is 3.01. The third-order valence-corrected chi connectivity index (χ3v) is 4.33. The van der Waals surface area contributed by atoms with E-state index in [1.165, 1.54) is 11.3 Å². The Kier molecular flexibility index (Phi) is 4.18. The maximum Gasteiger partial charge on any atom is 0.240 e. The second-order valence-electron chi connectivity index (χ2n) is 5.95. The molecule has 3 rings (SSSR count). The number of fused-ring (bicyclic) bond motifs is 1. The van der Waals surface area contributed by atoms with Crippen molar-refractivity contribution in [3.8, 4) is 0 Å². The van der Waals surface area contributed by atoms with E-state index in [1.807, 2.05) is 25.1 Å². The molecule has 0 unspecified atom stereocenters. The lowest BCUT2D eigenvalue weighted by molar-refractivity contribution is -0.120. The molecule has 2 aromatic rings. The summed E-state index contributed by atoms with van der Waals surface area (Å²) in [7, 11) is 0. The van der Waals surface area contributed by atoms with Gasteiger partial charge in [0.2, 0.25) is 5.91 Å². The standard InChI is InChI=1S/C18H22N2O2/c1-13-9-10-15-6-3-4-7-16(15)20(13)12-18(21)19-14(2)17-8-5-11-22-17/h3-8,11,13-14H,9-10,12H2,1-2H3,(H,19,21)/t13-,14+/m0/s1. The predicted octanol–water partition coefficient (Wildman–Crippen LogP) is 3.30. The Morgan fingerprint density at radius 2 is 2.18 bits per heavy atom. The Morgan fingerprint density at radius 3 is 2.95 bits per heavy atom. The number of furan rings is 1. The topological polar surface area (TPSA) is 45.5 Å². The van der Waals surface area contributed by atoms with Crippen molar-refractivity contribution in [2.75, 3.05) is 11.4 Å². The molecule has 0 bridgehead atoms. The van der Waals surface area contributed by atoms with E-state index in [0.29, 0.717) is 12.6 Å². The lowest BCUT2D eigenvalue weighted by Gasteiger charge is -2.36. The zero-order valence-corrected chi connectivity index (χ0v) is 13.1. The zero-order chi connectivity index (χ0) is 15.5. The molecule has 2 atom stereocenters. The monoisotopic (exact) mass is 298 g/mol. The molecule has 4 heteroatoms. The molecule has 0 fully saturated rings. The molecule has 0 saturated carbocycles. The summed E-state index contributed by atoms with van der Waals surface area (Å²) in [6.45, 7) is 4.49. The normalized spacial score (nSPS) is 18.6. The summed E-state index contributed by atoms with van der Waals surface area (Å²) in [5.74, 6) is 0.799. The van der Waals surface area contributed by atoms with Gasteiger partial charge in [0.05, 0.1) is 18.8 Å². The van der Waals surface area contributed by atoms with E-state index < -0.39 is 0 Å². The Labute approximate surface area is 131 Å². The summed E-state index contributed by atoms with van der Waals surface area (Å²) in [6.07, 6.45) is 3.79. The van der Waals surface area contributed by atoms with Crippen molar-refractivity contribution in [2.24, 2.45) is 0 Å². The van der Waals surface area contributed by atoms with Gasteiger partial charge in [-0.2, -0.15) is 0 Å². The van der Waals surface area contributed by atoms with E-state index in [4.69, 9.17) is 4.42 Å². The molecule has 116 valence electrons. The number of nitrogens with one attached hydrogen (secondary N) is 1.